The summed E-state index contributed by atoms with van der Waals surface area (Å²) in [6.45, 7) is 7.04. The van der Waals surface area contributed by atoms with E-state index in [4.69, 9.17) is 0 Å². The van der Waals surface area contributed by atoms with Gasteiger partial charge < -0.3 is 20.4 Å². The van der Waals surface area contributed by atoms with Gasteiger partial charge in [0, 0.05) is 0 Å². The fraction of sp³-hybridized carbons (Fsp3) is 0.667. The Morgan fingerprint density at radius 2 is 1.45 bits per heavy atom. The van der Waals surface area contributed by atoms with Crippen LogP contribution in [0.5, 0.6) is 0 Å². The first kappa shape index (κ1) is 28.4. The molecule has 11 atom stereocenters. The Balaban J connectivity index is 1.24. The van der Waals surface area contributed by atoms with Crippen LogP contribution in [0.15, 0.2) is 60.7 Å². The summed E-state index contributed by atoms with van der Waals surface area (Å²) in [6, 6.07) is 20.1. The first-order valence-electron chi connectivity index (χ1n) is 16.0. The summed E-state index contributed by atoms with van der Waals surface area (Å²) in [7, 11) is 0. The Morgan fingerprint density at radius 3 is 2.08 bits per heavy atom. The zero-order valence-electron chi connectivity index (χ0n) is 24.6. The standard InChI is InChI=1S/C36H50O4/c1-23(16-19-36(40,24-10-6-4-7-11-24)25-12-8-5-9-13-25)28-14-15-29-33-30(22-32(39)35(28,29)3)34(2)18-17-27(37)20-26(34)21-31(33)38/h4-13,23,26-33,37-40H,14-22H2,1-3H3/t23-,26-,27+,28+,29+,30+,31+,32-,33-,34-,35+/m0/s1. The molecule has 4 N–H and O–H groups in total. The van der Waals surface area contributed by atoms with E-state index in [1.165, 1.54) is 0 Å². The Hall–Kier alpha value is -1.72. The second kappa shape index (κ2) is 10.5. The molecule has 0 heterocycles. The van der Waals surface area contributed by atoms with E-state index in [0.29, 0.717) is 36.0 Å². The van der Waals surface area contributed by atoms with Crippen molar-refractivity contribution in [3.8, 4) is 0 Å². The van der Waals surface area contributed by atoms with Crippen LogP contribution in [0.3, 0.4) is 0 Å². The van der Waals surface area contributed by atoms with Crippen LogP contribution in [0.1, 0.15) is 89.7 Å². The van der Waals surface area contributed by atoms with Crippen molar-refractivity contribution in [2.24, 2.45) is 46.3 Å². The molecule has 4 aliphatic carbocycles. The molecule has 2 aromatic carbocycles. The average Bonchev–Trinajstić information content (AvgIpc) is 3.32. The molecule has 0 aliphatic heterocycles. The molecule has 4 fully saturated rings. The maximum atomic E-state index is 12.1. The topological polar surface area (TPSA) is 80.9 Å². The summed E-state index contributed by atoms with van der Waals surface area (Å²) in [4.78, 5) is 0. The van der Waals surface area contributed by atoms with Crippen molar-refractivity contribution in [3.05, 3.63) is 71.8 Å². The van der Waals surface area contributed by atoms with Crippen LogP contribution in [0.4, 0.5) is 0 Å². The van der Waals surface area contributed by atoms with Crippen LogP contribution in [-0.4, -0.2) is 38.7 Å². The van der Waals surface area contributed by atoms with Crippen molar-refractivity contribution in [2.45, 2.75) is 102 Å². The van der Waals surface area contributed by atoms with E-state index in [0.717, 1.165) is 62.5 Å². The van der Waals surface area contributed by atoms with Crippen LogP contribution in [-0.2, 0) is 5.60 Å². The summed E-state index contributed by atoms with van der Waals surface area (Å²) >= 11 is 0. The lowest BCUT2D eigenvalue weighted by molar-refractivity contribution is -0.207. The minimum atomic E-state index is -1.05. The van der Waals surface area contributed by atoms with Crippen molar-refractivity contribution < 1.29 is 20.4 Å². The number of benzene rings is 2. The molecule has 0 bridgehead atoms. The van der Waals surface area contributed by atoms with Gasteiger partial charge in [0.05, 0.1) is 18.3 Å². The summed E-state index contributed by atoms with van der Waals surface area (Å²) in [5.74, 6) is 1.90. The molecule has 0 unspecified atom stereocenters. The minimum absolute atomic E-state index is 0.0942. The molecule has 0 radical (unpaired) electrons. The Morgan fingerprint density at radius 1 is 0.825 bits per heavy atom. The molecular formula is C36H50O4. The summed E-state index contributed by atoms with van der Waals surface area (Å²) < 4.78 is 0. The predicted molar refractivity (Wildman–Crippen MR) is 158 cm³/mol. The van der Waals surface area contributed by atoms with Gasteiger partial charge in [-0.1, -0.05) is 81.4 Å². The number of hydrogen-bond donors (Lipinski definition) is 4. The van der Waals surface area contributed by atoms with E-state index >= 15 is 0 Å². The number of hydrogen-bond acceptors (Lipinski definition) is 4. The second-order valence-corrected chi connectivity index (χ2v) is 14.6. The summed E-state index contributed by atoms with van der Waals surface area (Å²) in [5.41, 5.74) is 0.666. The Labute approximate surface area is 240 Å². The van der Waals surface area contributed by atoms with Gasteiger partial charge in [-0.15, -0.1) is 0 Å². The zero-order chi connectivity index (χ0) is 28.3. The third-order valence-electron chi connectivity index (χ3n) is 13.0. The number of aliphatic hydroxyl groups excluding tert-OH is 3. The lowest BCUT2D eigenvalue weighted by Crippen LogP contribution is -2.62. The molecule has 218 valence electrons. The van der Waals surface area contributed by atoms with E-state index in [2.05, 4.69) is 20.8 Å². The SMILES string of the molecule is C[C@@H](CCC(O)(c1ccccc1)c1ccccc1)[C@H]1CC[C@@H]2[C@@H]3[C@H](O)C[C@@H]4C[C@H](O)CC[C@]4(C)[C@@H]3C[C@H](O)[C@@]21C. The van der Waals surface area contributed by atoms with E-state index in [9.17, 15) is 20.4 Å². The van der Waals surface area contributed by atoms with Gasteiger partial charge in [0.15, 0.2) is 0 Å². The van der Waals surface area contributed by atoms with Gasteiger partial charge >= 0.3 is 0 Å². The smallest absolute Gasteiger partial charge is 0.115 e. The Kier molecular flexibility index (Phi) is 7.47. The molecule has 6 rings (SSSR count). The minimum Gasteiger partial charge on any atom is -0.393 e. The van der Waals surface area contributed by atoms with Gasteiger partial charge in [0.1, 0.15) is 5.60 Å². The van der Waals surface area contributed by atoms with Crippen LogP contribution < -0.4 is 0 Å². The highest BCUT2D eigenvalue weighted by Crippen LogP contribution is 2.68. The molecule has 4 nitrogen and oxygen atoms in total. The molecular weight excluding hydrogens is 496 g/mol. The molecule has 0 spiro atoms. The van der Waals surface area contributed by atoms with Gasteiger partial charge in [0.2, 0.25) is 0 Å². The molecule has 4 aliphatic rings. The molecule has 0 amide bonds. The molecule has 2 aromatic rings. The second-order valence-electron chi connectivity index (χ2n) is 14.6. The summed E-state index contributed by atoms with van der Waals surface area (Å²) in [5, 5.41) is 46.1. The van der Waals surface area contributed by atoms with E-state index in [1.54, 1.807) is 0 Å². The van der Waals surface area contributed by atoms with Crippen molar-refractivity contribution in [1.29, 1.82) is 0 Å². The normalized spacial score (nSPS) is 42.0. The van der Waals surface area contributed by atoms with Crippen LogP contribution in [0, 0.1) is 46.3 Å². The first-order valence-corrected chi connectivity index (χ1v) is 16.0. The molecule has 4 heteroatoms. The van der Waals surface area contributed by atoms with E-state index in [1.807, 2.05) is 60.7 Å². The lowest BCUT2D eigenvalue weighted by Gasteiger charge is -2.63. The number of rotatable bonds is 6. The largest absolute Gasteiger partial charge is 0.393 e. The fourth-order valence-corrected chi connectivity index (χ4v) is 10.7. The van der Waals surface area contributed by atoms with Gasteiger partial charge in [-0.2, -0.15) is 0 Å². The van der Waals surface area contributed by atoms with E-state index < -0.39 is 5.60 Å². The summed E-state index contributed by atoms with van der Waals surface area (Å²) in [6.07, 6.45) is 6.85. The third kappa shape index (κ3) is 4.40. The highest BCUT2D eigenvalue weighted by Gasteiger charge is 2.65. The van der Waals surface area contributed by atoms with Crippen molar-refractivity contribution in [3.63, 3.8) is 0 Å². The molecule has 0 saturated heterocycles. The lowest BCUT2D eigenvalue weighted by atomic mass is 9.43. The highest BCUT2D eigenvalue weighted by molar-refractivity contribution is 5.35. The van der Waals surface area contributed by atoms with Crippen LogP contribution >= 0.6 is 0 Å². The highest BCUT2D eigenvalue weighted by atomic mass is 16.3. The van der Waals surface area contributed by atoms with Gasteiger partial charge in [0.25, 0.3) is 0 Å². The molecule has 40 heavy (non-hydrogen) atoms. The van der Waals surface area contributed by atoms with Gasteiger partial charge in [-0.25, -0.2) is 0 Å². The van der Waals surface area contributed by atoms with Crippen LogP contribution in [0.25, 0.3) is 0 Å². The average molecular weight is 547 g/mol. The van der Waals surface area contributed by atoms with Gasteiger partial charge in [-0.05, 0) is 115 Å². The quantitative estimate of drug-likeness (QED) is 0.343. The first-order chi connectivity index (χ1) is 19.1. The number of aliphatic hydroxyl groups is 4. The van der Waals surface area contributed by atoms with E-state index in [-0.39, 0.29) is 35.1 Å². The van der Waals surface area contributed by atoms with Crippen LogP contribution in [0.2, 0.25) is 0 Å². The zero-order valence-corrected chi connectivity index (χ0v) is 24.6. The number of fused-ring (bicyclic) bond motifs is 5. The van der Waals surface area contributed by atoms with Gasteiger partial charge in [-0.3, -0.25) is 0 Å². The fourth-order valence-electron chi connectivity index (χ4n) is 10.7. The van der Waals surface area contributed by atoms with Crippen molar-refractivity contribution >= 4 is 0 Å². The molecule has 0 aromatic heterocycles. The predicted octanol–water partition coefficient (Wildman–Crippen LogP) is 6.30. The Bertz CT molecular complexity index is 1110. The molecule has 4 saturated carbocycles. The van der Waals surface area contributed by atoms with Crippen molar-refractivity contribution in [2.75, 3.05) is 0 Å². The monoisotopic (exact) mass is 546 g/mol. The maximum Gasteiger partial charge on any atom is 0.115 e. The third-order valence-corrected chi connectivity index (χ3v) is 13.0. The van der Waals surface area contributed by atoms with Crippen molar-refractivity contribution in [1.82, 2.24) is 0 Å². The maximum absolute atomic E-state index is 12.1.